The lowest BCUT2D eigenvalue weighted by molar-refractivity contribution is 0.669. The zero-order chi connectivity index (χ0) is 41.7. The zero-order valence-electron chi connectivity index (χ0n) is 34.4. The van der Waals surface area contributed by atoms with Crippen LogP contribution in [0.5, 0.6) is 0 Å². The van der Waals surface area contributed by atoms with Gasteiger partial charge in [0.25, 0.3) is 0 Å². The molecule has 12 aromatic rings. The largest absolute Gasteiger partial charge is 0.456 e. The van der Waals surface area contributed by atoms with Crippen LogP contribution >= 0.6 is 0 Å². The predicted octanol–water partition coefficient (Wildman–Crippen LogP) is 16.8. The highest BCUT2D eigenvalue weighted by Gasteiger charge is 2.20. The first-order chi connectivity index (χ1) is 31.3. The zero-order valence-corrected chi connectivity index (χ0v) is 34.4. The second-order valence-corrected chi connectivity index (χ2v) is 16.1. The molecule has 3 heteroatoms. The molecule has 0 amide bonds. The standard InChI is InChI=1S/C60H40N2O/c1-2-16-41(17-3-1)49-20-6-11-25-55(49)61(45-35-30-42(31-36-45)47-18-4-5-19-48(47)44-34-39-54-53-24-10-15-29-59(53)63-60(54)40-44)46-37-32-43(33-38-46)50-21-7-12-26-56(50)62-57-27-13-8-22-51(57)52-23-9-14-28-58(52)62/h1-40H. The van der Waals surface area contributed by atoms with Gasteiger partial charge in [-0.2, -0.15) is 0 Å². The Morgan fingerprint density at radius 3 is 1.44 bits per heavy atom. The molecule has 0 N–H and O–H groups in total. The van der Waals surface area contributed by atoms with E-state index >= 15 is 0 Å². The summed E-state index contributed by atoms with van der Waals surface area (Å²) in [5.41, 5.74) is 17.9. The Morgan fingerprint density at radius 1 is 0.302 bits per heavy atom. The number of anilines is 3. The van der Waals surface area contributed by atoms with Crippen LogP contribution in [0.2, 0.25) is 0 Å². The highest BCUT2D eigenvalue weighted by Crippen LogP contribution is 2.44. The number of para-hydroxylation sites is 5. The molecule has 3 nitrogen and oxygen atoms in total. The first kappa shape index (κ1) is 36.5. The predicted molar refractivity (Wildman–Crippen MR) is 264 cm³/mol. The van der Waals surface area contributed by atoms with Gasteiger partial charge in [0.05, 0.1) is 22.4 Å². The van der Waals surface area contributed by atoms with E-state index < -0.39 is 0 Å². The van der Waals surface area contributed by atoms with Crippen molar-refractivity contribution in [2.75, 3.05) is 4.90 Å². The van der Waals surface area contributed by atoms with Crippen LogP contribution in [0.15, 0.2) is 247 Å². The van der Waals surface area contributed by atoms with Gasteiger partial charge in [-0.15, -0.1) is 0 Å². The number of fused-ring (bicyclic) bond motifs is 6. The van der Waals surface area contributed by atoms with E-state index in [1.165, 1.54) is 38.5 Å². The summed E-state index contributed by atoms with van der Waals surface area (Å²) in [6, 6.07) is 87.1. The minimum absolute atomic E-state index is 0.896. The first-order valence-electron chi connectivity index (χ1n) is 21.5. The van der Waals surface area contributed by atoms with E-state index in [4.69, 9.17) is 4.42 Å². The molecule has 0 fully saturated rings. The summed E-state index contributed by atoms with van der Waals surface area (Å²) in [5.74, 6) is 0. The Kier molecular flexibility index (Phi) is 8.83. The molecular weight excluding hydrogens is 765 g/mol. The van der Waals surface area contributed by atoms with Gasteiger partial charge >= 0.3 is 0 Å². The third-order valence-corrected chi connectivity index (χ3v) is 12.4. The molecule has 0 atom stereocenters. The van der Waals surface area contributed by atoms with Crippen LogP contribution in [-0.4, -0.2) is 4.57 Å². The highest BCUT2D eigenvalue weighted by molar-refractivity contribution is 6.10. The van der Waals surface area contributed by atoms with Crippen molar-refractivity contribution < 1.29 is 4.42 Å². The van der Waals surface area contributed by atoms with Gasteiger partial charge in [0, 0.05) is 44.0 Å². The summed E-state index contributed by atoms with van der Waals surface area (Å²) in [6.07, 6.45) is 0. The van der Waals surface area contributed by atoms with Gasteiger partial charge in [0.2, 0.25) is 0 Å². The van der Waals surface area contributed by atoms with Crippen LogP contribution in [0.25, 0.3) is 93.9 Å². The number of nitrogens with zero attached hydrogens (tertiary/aromatic N) is 2. The Bertz CT molecular complexity index is 3560. The lowest BCUT2D eigenvalue weighted by Gasteiger charge is -2.28. The minimum Gasteiger partial charge on any atom is -0.456 e. The number of hydrogen-bond donors (Lipinski definition) is 0. The van der Waals surface area contributed by atoms with Crippen molar-refractivity contribution in [3.05, 3.63) is 243 Å². The monoisotopic (exact) mass is 804 g/mol. The lowest BCUT2D eigenvalue weighted by atomic mass is 9.93. The SMILES string of the molecule is c1ccc(-c2ccccc2N(c2ccc(-c3ccccc3-c3ccc4c(c3)oc3ccccc34)cc2)c2ccc(-c3ccccc3-n3c4ccccc4c4ccccc43)cc2)cc1. The number of hydrogen-bond acceptors (Lipinski definition) is 2. The molecule has 2 heterocycles. The van der Waals surface area contributed by atoms with Crippen LogP contribution < -0.4 is 4.90 Å². The molecule has 296 valence electrons. The quantitative estimate of drug-likeness (QED) is 0.153. The Morgan fingerprint density at radius 2 is 0.762 bits per heavy atom. The van der Waals surface area contributed by atoms with Crippen molar-refractivity contribution in [2.45, 2.75) is 0 Å². The van der Waals surface area contributed by atoms with Crippen LogP contribution in [0, 0.1) is 0 Å². The number of furan rings is 1. The molecule has 0 radical (unpaired) electrons. The third-order valence-electron chi connectivity index (χ3n) is 12.4. The van der Waals surface area contributed by atoms with Crippen molar-refractivity contribution in [1.29, 1.82) is 0 Å². The maximum atomic E-state index is 6.31. The maximum absolute atomic E-state index is 6.31. The molecule has 0 saturated heterocycles. The molecule has 10 aromatic carbocycles. The fraction of sp³-hybridized carbons (Fsp3) is 0. The second-order valence-electron chi connectivity index (χ2n) is 16.1. The van der Waals surface area contributed by atoms with Crippen molar-refractivity contribution in [2.24, 2.45) is 0 Å². The van der Waals surface area contributed by atoms with Gasteiger partial charge in [-0.25, -0.2) is 0 Å². The number of aromatic nitrogens is 1. The summed E-state index contributed by atoms with van der Waals surface area (Å²) < 4.78 is 8.72. The van der Waals surface area contributed by atoms with Gasteiger partial charge in [-0.1, -0.05) is 176 Å². The third kappa shape index (κ3) is 6.29. The second kappa shape index (κ2) is 15.3. The van der Waals surface area contributed by atoms with E-state index in [2.05, 4.69) is 240 Å². The van der Waals surface area contributed by atoms with Crippen molar-refractivity contribution in [1.82, 2.24) is 4.57 Å². The molecule has 63 heavy (non-hydrogen) atoms. The van der Waals surface area contributed by atoms with Gasteiger partial charge in [-0.05, 0) is 100 Å². The van der Waals surface area contributed by atoms with Gasteiger partial charge in [0.15, 0.2) is 0 Å². The van der Waals surface area contributed by atoms with Crippen molar-refractivity contribution in [3.8, 4) is 50.2 Å². The summed E-state index contributed by atoms with van der Waals surface area (Å²) in [5, 5.41) is 4.78. The molecule has 2 aromatic heterocycles. The molecule has 0 aliphatic rings. The summed E-state index contributed by atoms with van der Waals surface area (Å²) in [6.45, 7) is 0. The molecule has 0 saturated carbocycles. The average Bonchev–Trinajstić information content (AvgIpc) is 3.90. The van der Waals surface area contributed by atoms with Crippen LogP contribution in [0.3, 0.4) is 0 Å². The molecule has 0 unspecified atom stereocenters. The lowest BCUT2D eigenvalue weighted by Crippen LogP contribution is -2.11. The molecule has 0 aliphatic carbocycles. The van der Waals surface area contributed by atoms with Gasteiger partial charge in [-0.3, -0.25) is 0 Å². The molecule has 0 spiro atoms. The van der Waals surface area contributed by atoms with Crippen molar-refractivity contribution >= 4 is 60.8 Å². The van der Waals surface area contributed by atoms with Crippen LogP contribution in [0.1, 0.15) is 0 Å². The van der Waals surface area contributed by atoms with E-state index in [1.807, 2.05) is 12.1 Å². The van der Waals surface area contributed by atoms with Crippen LogP contribution in [0.4, 0.5) is 17.1 Å². The molecule has 0 aliphatic heterocycles. The highest BCUT2D eigenvalue weighted by atomic mass is 16.3. The number of benzene rings is 10. The Hall–Kier alpha value is -8.40. The van der Waals surface area contributed by atoms with E-state index in [0.717, 1.165) is 72.5 Å². The summed E-state index contributed by atoms with van der Waals surface area (Å²) in [4.78, 5) is 2.39. The van der Waals surface area contributed by atoms with Gasteiger partial charge < -0.3 is 13.9 Å². The fourth-order valence-corrected chi connectivity index (χ4v) is 9.51. The van der Waals surface area contributed by atoms with E-state index in [-0.39, 0.29) is 0 Å². The first-order valence-corrected chi connectivity index (χ1v) is 21.5. The fourth-order valence-electron chi connectivity index (χ4n) is 9.51. The smallest absolute Gasteiger partial charge is 0.136 e. The van der Waals surface area contributed by atoms with Gasteiger partial charge in [0.1, 0.15) is 11.2 Å². The van der Waals surface area contributed by atoms with E-state index in [1.54, 1.807) is 0 Å². The average molecular weight is 805 g/mol. The van der Waals surface area contributed by atoms with Crippen LogP contribution in [-0.2, 0) is 0 Å². The van der Waals surface area contributed by atoms with E-state index in [0.29, 0.717) is 0 Å². The molecule has 0 bridgehead atoms. The van der Waals surface area contributed by atoms with Crippen molar-refractivity contribution in [3.63, 3.8) is 0 Å². The van der Waals surface area contributed by atoms with E-state index in [9.17, 15) is 0 Å². The summed E-state index contributed by atoms with van der Waals surface area (Å²) in [7, 11) is 0. The normalized spacial score (nSPS) is 11.5. The summed E-state index contributed by atoms with van der Waals surface area (Å²) >= 11 is 0. The molecular formula is C60H40N2O. The molecule has 12 rings (SSSR count). The Labute approximate surface area is 366 Å². The Balaban J connectivity index is 0.955. The number of rotatable bonds is 8. The minimum atomic E-state index is 0.896. The topological polar surface area (TPSA) is 21.3 Å². The maximum Gasteiger partial charge on any atom is 0.136 e.